The Balaban J connectivity index is 1.24. The van der Waals surface area contributed by atoms with Crippen LogP contribution in [0.5, 0.6) is 0 Å². The Labute approximate surface area is 202 Å². The number of aromatic nitrogens is 3. The SMILES string of the molecule is C[C@@]1(O)CC[C@@]2(C)[C@@H](CC[C@@H]3[C@@H]2C[C@@H](O)[C@]2(C)[C@@H](C(=O)Cn4cc5ccncc5n4)CC[C@@H]32)C1. The van der Waals surface area contributed by atoms with Crippen molar-refractivity contribution in [3.05, 3.63) is 24.7 Å². The second kappa shape index (κ2) is 7.60. The van der Waals surface area contributed by atoms with Gasteiger partial charge in [-0.15, -0.1) is 0 Å². The molecule has 0 aliphatic heterocycles. The van der Waals surface area contributed by atoms with Gasteiger partial charge in [0.25, 0.3) is 0 Å². The zero-order valence-electron chi connectivity index (χ0n) is 20.8. The van der Waals surface area contributed by atoms with Gasteiger partial charge in [-0.25, -0.2) is 0 Å². The lowest BCUT2D eigenvalue weighted by atomic mass is 9.43. The third-order valence-corrected chi connectivity index (χ3v) is 11.1. The van der Waals surface area contributed by atoms with Crippen LogP contribution in [-0.4, -0.2) is 42.5 Å². The molecule has 0 unspecified atom stereocenters. The first-order chi connectivity index (χ1) is 16.1. The molecule has 6 rings (SSSR count). The molecule has 4 aliphatic carbocycles. The number of aliphatic hydroxyl groups excluding tert-OH is 1. The summed E-state index contributed by atoms with van der Waals surface area (Å²) >= 11 is 0. The highest BCUT2D eigenvalue weighted by Crippen LogP contribution is 2.68. The number of carbonyl (C=O) groups is 1. The lowest BCUT2D eigenvalue weighted by Gasteiger charge is -2.62. The highest BCUT2D eigenvalue weighted by Gasteiger charge is 2.64. The minimum atomic E-state index is -0.545. The molecule has 4 saturated carbocycles. The Kier molecular flexibility index (Phi) is 5.07. The minimum Gasteiger partial charge on any atom is -0.393 e. The topological polar surface area (TPSA) is 88.2 Å². The van der Waals surface area contributed by atoms with Gasteiger partial charge in [-0.3, -0.25) is 14.5 Å². The number of nitrogens with zero attached hydrogens (tertiary/aromatic N) is 3. The van der Waals surface area contributed by atoms with Crippen LogP contribution in [-0.2, 0) is 11.3 Å². The van der Waals surface area contributed by atoms with E-state index in [0.717, 1.165) is 49.4 Å². The fourth-order valence-electron chi connectivity index (χ4n) is 9.19. The maximum atomic E-state index is 13.6. The van der Waals surface area contributed by atoms with Crippen molar-refractivity contribution >= 4 is 16.7 Å². The molecule has 6 nitrogen and oxygen atoms in total. The van der Waals surface area contributed by atoms with Crippen molar-refractivity contribution in [3.63, 3.8) is 0 Å². The molecule has 6 heteroatoms. The van der Waals surface area contributed by atoms with Crippen molar-refractivity contribution in [3.8, 4) is 0 Å². The molecule has 2 N–H and O–H groups in total. The summed E-state index contributed by atoms with van der Waals surface area (Å²) < 4.78 is 1.75. The molecule has 2 heterocycles. The largest absolute Gasteiger partial charge is 0.393 e. The van der Waals surface area contributed by atoms with E-state index in [1.165, 1.54) is 12.8 Å². The Morgan fingerprint density at radius 2 is 1.97 bits per heavy atom. The maximum Gasteiger partial charge on any atom is 0.157 e. The molecule has 0 spiro atoms. The lowest BCUT2D eigenvalue weighted by molar-refractivity contribution is -0.182. The van der Waals surface area contributed by atoms with E-state index in [4.69, 9.17) is 0 Å². The van der Waals surface area contributed by atoms with E-state index in [1.54, 1.807) is 17.1 Å². The fourth-order valence-corrected chi connectivity index (χ4v) is 9.19. The molecule has 0 radical (unpaired) electrons. The maximum absolute atomic E-state index is 13.6. The van der Waals surface area contributed by atoms with Crippen molar-refractivity contribution in [1.29, 1.82) is 0 Å². The average Bonchev–Trinajstić information content (AvgIpc) is 3.36. The van der Waals surface area contributed by atoms with E-state index in [0.29, 0.717) is 23.7 Å². The van der Waals surface area contributed by atoms with E-state index in [-0.39, 0.29) is 29.1 Å². The summed E-state index contributed by atoms with van der Waals surface area (Å²) in [5.74, 6) is 2.10. The molecule has 2 aromatic heterocycles. The van der Waals surface area contributed by atoms with Gasteiger partial charge in [0, 0.05) is 29.1 Å². The van der Waals surface area contributed by atoms with Crippen LogP contribution >= 0.6 is 0 Å². The zero-order chi connectivity index (χ0) is 23.9. The summed E-state index contributed by atoms with van der Waals surface area (Å²) in [5.41, 5.74) is 0.105. The standard InChI is InChI=1S/C28H39N3O3/c1-26(34)9-10-27(2)18(13-26)4-5-19-20-6-7-21(28(20,3)25(33)12-22(19)27)24(32)16-31-15-17-8-11-29-14-23(17)30-31/h8,11,14-15,18-22,25,33-34H,4-7,9-10,12-13,16H2,1-3H3/t18-,19-,20-,21+,22-,25+,26+,27-,28-/m0/s1. The predicted octanol–water partition coefficient (Wildman–Crippen LogP) is 4.38. The van der Waals surface area contributed by atoms with Crippen molar-refractivity contribution in [2.24, 2.45) is 40.4 Å². The highest BCUT2D eigenvalue weighted by molar-refractivity contribution is 5.83. The average molecular weight is 466 g/mol. The van der Waals surface area contributed by atoms with Gasteiger partial charge in [0.05, 0.1) is 24.4 Å². The Bertz CT molecular complexity index is 1080. The lowest BCUT2D eigenvalue weighted by Crippen LogP contribution is -2.59. The normalized spacial score (nSPS) is 46.0. The van der Waals surface area contributed by atoms with Crippen LogP contribution in [0.25, 0.3) is 10.9 Å². The van der Waals surface area contributed by atoms with Gasteiger partial charge in [0.2, 0.25) is 0 Å². The van der Waals surface area contributed by atoms with Crippen LogP contribution in [0.4, 0.5) is 0 Å². The minimum absolute atomic E-state index is 0.114. The summed E-state index contributed by atoms with van der Waals surface area (Å²) in [7, 11) is 0. The molecule has 4 fully saturated rings. The first kappa shape index (κ1) is 22.7. The van der Waals surface area contributed by atoms with Gasteiger partial charge in [-0.05, 0) is 93.4 Å². The number of hydrogen-bond donors (Lipinski definition) is 2. The molecule has 4 aliphatic rings. The van der Waals surface area contributed by atoms with Crippen LogP contribution < -0.4 is 0 Å². The molecule has 0 amide bonds. The highest BCUT2D eigenvalue weighted by atomic mass is 16.3. The number of carbonyl (C=O) groups excluding carboxylic acids is 1. The summed E-state index contributed by atoms with van der Waals surface area (Å²) in [6.45, 7) is 6.90. The number of ketones is 1. The van der Waals surface area contributed by atoms with Gasteiger partial charge in [0.1, 0.15) is 5.52 Å². The molecule has 9 atom stereocenters. The first-order valence-electron chi connectivity index (χ1n) is 13.3. The summed E-state index contributed by atoms with van der Waals surface area (Å²) in [6.07, 6.45) is 12.8. The summed E-state index contributed by atoms with van der Waals surface area (Å²) in [5, 5.41) is 27.9. The van der Waals surface area contributed by atoms with E-state index in [2.05, 4.69) is 23.9 Å². The number of fused-ring (bicyclic) bond motifs is 6. The van der Waals surface area contributed by atoms with Gasteiger partial charge in [0.15, 0.2) is 5.78 Å². The van der Waals surface area contributed by atoms with Crippen molar-refractivity contribution in [2.75, 3.05) is 0 Å². The Hall–Kier alpha value is -1.79. The zero-order valence-corrected chi connectivity index (χ0v) is 20.8. The monoisotopic (exact) mass is 465 g/mol. The molecule has 34 heavy (non-hydrogen) atoms. The number of hydrogen-bond acceptors (Lipinski definition) is 5. The van der Waals surface area contributed by atoms with E-state index >= 15 is 0 Å². The first-order valence-corrected chi connectivity index (χ1v) is 13.3. The van der Waals surface area contributed by atoms with Crippen LogP contribution in [0.2, 0.25) is 0 Å². The Morgan fingerprint density at radius 3 is 2.76 bits per heavy atom. The Morgan fingerprint density at radius 1 is 1.15 bits per heavy atom. The van der Waals surface area contributed by atoms with Gasteiger partial charge in [-0.2, -0.15) is 5.10 Å². The number of rotatable bonds is 3. The van der Waals surface area contributed by atoms with E-state index in [1.807, 2.05) is 19.2 Å². The van der Waals surface area contributed by atoms with Crippen molar-refractivity contribution in [1.82, 2.24) is 14.8 Å². The van der Waals surface area contributed by atoms with Gasteiger partial charge >= 0.3 is 0 Å². The van der Waals surface area contributed by atoms with Crippen molar-refractivity contribution in [2.45, 2.75) is 90.4 Å². The van der Waals surface area contributed by atoms with Gasteiger partial charge < -0.3 is 10.2 Å². The number of Topliss-reactive ketones (excluding diaryl/α,β-unsaturated/α-hetero) is 1. The molecular weight excluding hydrogens is 426 g/mol. The van der Waals surface area contributed by atoms with Crippen molar-refractivity contribution < 1.29 is 15.0 Å². The third-order valence-electron chi connectivity index (χ3n) is 11.1. The molecule has 2 aromatic rings. The molecule has 0 aromatic carbocycles. The van der Waals surface area contributed by atoms with E-state index in [9.17, 15) is 15.0 Å². The molecule has 0 saturated heterocycles. The number of aliphatic hydroxyl groups is 2. The predicted molar refractivity (Wildman–Crippen MR) is 130 cm³/mol. The van der Waals surface area contributed by atoms with Crippen LogP contribution in [0.3, 0.4) is 0 Å². The third kappa shape index (κ3) is 3.24. The van der Waals surface area contributed by atoms with E-state index < -0.39 is 11.7 Å². The second-order valence-electron chi connectivity index (χ2n) is 12.8. The van der Waals surface area contributed by atoms with Crippen LogP contribution in [0.15, 0.2) is 24.7 Å². The molecule has 0 bridgehead atoms. The summed E-state index contributed by atoms with van der Waals surface area (Å²) in [4.78, 5) is 17.7. The number of pyridine rings is 1. The quantitative estimate of drug-likeness (QED) is 0.702. The second-order valence-corrected chi connectivity index (χ2v) is 12.8. The fraction of sp³-hybridized carbons (Fsp3) is 0.750. The summed E-state index contributed by atoms with van der Waals surface area (Å²) in [6, 6.07) is 1.92. The van der Waals surface area contributed by atoms with Crippen LogP contribution in [0.1, 0.15) is 72.1 Å². The molecule has 184 valence electrons. The smallest absolute Gasteiger partial charge is 0.157 e. The molecular formula is C28H39N3O3. The van der Waals surface area contributed by atoms with Gasteiger partial charge in [-0.1, -0.05) is 13.8 Å². The van der Waals surface area contributed by atoms with Crippen LogP contribution in [0, 0.1) is 40.4 Å².